The Morgan fingerprint density at radius 3 is 2.27 bits per heavy atom. The van der Waals surface area contributed by atoms with Crippen LogP contribution in [-0.4, -0.2) is 96.1 Å². The molecule has 3 unspecified atom stereocenters. The third-order valence-corrected chi connectivity index (χ3v) is 12.4. The summed E-state index contributed by atoms with van der Waals surface area (Å²) in [5.74, 6) is 1.09. The van der Waals surface area contributed by atoms with Crippen LogP contribution in [0.1, 0.15) is 162 Å². The Bertz CT molecular complexity index is 1360. The normalized spacial score (nSPS) is 25.5. The molecule has 0 aromatic carbocycles. The Labute approximate surface area is 330 Å². The standard InChI is InChI=1S/C42H73N9O4/c1-3-4-5-6-8-11-14-20-31-29-32-23-24-35-36(30(2)47-42(48-31)51(32)35)38(52)54-27-17-13-10-7-9-12-15-21-33-37(34-22-19-26-50(34)41(45)49-33)39(53)55-28-18-16-25-46-40(43)44/h30-33,35-36H,3-29H2,1-2H3,(H2,45,49)(H,47,48)(H4,43,44,46)/t30-,31?,32-,33?,35+,36?/m1/s1. The van der Waals surface area contributed by atoms with E-state index in [1.807, 2.05) is 4.90 Å². The van der Waals surface area contributed by atoms with Gasteiger partial charge in [0.25, 0.3) is 0 Å². The van der Waals surface area contributed by atoms with Gasteiger partial charge in [-0.3, -0.25) is 9.79 Å². The molecule has 0 aliphatic carbocycles. The van der Waals surface area contributed by atoms with Crippen molar-refractivity contribution < 1.29 is 19.1 Å². The third kappa shape index (κ3) is 12.2. The van der Waals surface area contributed by atoms with Crippen molar-refractivity contribution in [2.45, 2.75) is 192 Å². The minimum absolute atomic E-state index is 0.0639. The van der Waals surface area contributed by atoms with Crippen LogP contribution in [-0.2, 0) is 19.1 Å². The number of guanidine groups is 3. The zero-order chi connectivity index (χ0) is 39.0. The maximum absolute atomic E-state index is 13.4. The number of hydrogen-bond donors (Lipinski definition) is 4. The van der Waals surface area contributed by atoms with Crippen molar-refractivity contribution in [3.8, 4) is 0 Å². The molecule has 5 aliphatic heterocycles. The van der Waals surface area contributed by atoms with Gasteiger partial charge in [-0.15, -0.1) is 0 Å². The molecule has 0 bridgehead atoms. The topological polar surface area (TPSA) is 186 Å². The first-order valence-electron chi connectivity index (χ1n) is 22.1. The predicted octanol–water partition coefficient (Wildman–Crippen LogP) is 6.00. The fourth-order valence-corrected chi connectivity index (χ4v) is 9.47. The first-order valence-corrected chi connectivity index (χ1v) is 22.1. The van der Waals surface area contributed by atoms with Gasteiger partial charge in [0.2, 0.25) is 0 Å². The molecule has 13 nitrogen and oxygen atoms in total. The number of aliphatic imine (C=N–C) groups is 3. The van der Waals surface area contributed by atoms with E-state index < -0.39 is 0 Å². The second kappa shape index (κ2) is 22.3. The lowest BCUT2D eigenvalue weighted by molar-refractivity contribution is -0.151. The fourth-order valence-electron chi connectivity index (χ4n) is 9.47. The number of nitrogens with zero attached hydrogens (tertiary/aromatic N) is 5. The Hall–Kier alpha value is -3.51. The summed E-state index contributed by atoms with van der Waals surface area (Å²) >= 11 is 0. The van der Waals surface area contributed by atoms with E-state index >= 15 is 0 Å². The fraction of sp³-hybridized carbons (Fsp3) is 0.833. The van der Waals surface area contributed by atoms with Gasteiger partial charge in [-0.05, 0) is 71.1 Å². The number of allylic oxidation sites excluding steroid dienone is 1. The summed E-state index contributed by atoms with van der Waals surface area (Å²) in [4.78, 5) is 44.8. The average Bonchev–Trinajstić information content (AvgIpc) is 3.82. The zero-order valence-electron chi connectivity index (χ0n) is 34.2. The zero-order valence-corrected chi connectivity index (χ0v) is 34.2. The van der Waals surface area contributed by atoms with E-state index in [9.17, 15) is 9.59 Å². The summed E-state index contributed by atoms with van der Waals surface area (Å²) < 4.78 is 11.6. The first kappa shape index (κ1) is 42.6. The minimum atomic E-state index is -0.278. The molecule has 0 radical (unpaired) electrons. The molecule has 7 N–H and O–H groups in total. The maximum Gasteiger partial charge on any atom is 0.337 e. The highest BCUT2D eigenvalue weighted by molar-refractivity contribution is 5.95. The lowest BCUT2D eigenvalue weighted by atomic mass is 9.89. The lowest BCUT2D eigenvalue weighted by Crippen LogP contribution is -2.63. The molecule has 55 heavy (non-hydrogen) atoms. The van der Waals surface area contributed by atoms with Crippen molar-refractivity contribution >= 4 is 29.8 Å². The minimum Gasteiger partial charge on any atom is -0.465 e. The lowest BCUT2D eigenvalue weighted by Gasteiger charge is -2.46. The van der Waals surface area contributed by atoms with Crippen molar-refractivity contribution in [3.05, 3.63) is 11.3 Å². The van der Waals surface area contributed by atoms with Crippen LogP contribution in [0.25, 0.3) is 0 Å². The number of nitrogens with two attached hydrogens (primary N) is 3. The van der Waals surface area contributed by atoms with Crippen molar-refractivity contribution in [2.75, 3.05) is 26.3 Å². The Morgan fingerprint density at radius 1 is 0.855 bits per heavy atom. The molecule has 0 aromatic rings. The second-order valence-corrected chi connectivity index (χ2v) is 16.6. The van der Waals surface area contributed by atoms with E-state index in [4.69, 9.17) is 36.7 Å². The number of carbonyl (C=O) groups excluding carboxylic acids is 2. The van der Waals surface area contributed by atoms with Crippen molar-refractivity contribution in [3.63, 3.8) is 0 Å². The van der Waals surface area contributed by atoms with Gasteiger partial charge in [0.1, 0.15) is 0 Å². The quantitative estimate of drug-likeness (QED) is 0.0372. The SMILES string of the molecule is CCCCCCCCCC1C[C@H]2CC[C@H]3C(C(=O)OCCCCCCCCCC4N=C(N)N5CCCC5=C4C(=O)OCCCCN=C(N)N)[C@@H](C)N=C(N1)N23. The highest BCUT2D eigenvalue weighted by Crippen LogP contribution is 2.40. The highest BCUT2D eigenvalue weighted by atomic mass is 16.5. The number of hydrogen-bond acceptors (Lipinski definition) is 11. The first-order chi connectivity index (χ1) is 26.8. The molecule has 0 saturated carbocycles. The molecule has 0 aromatic heterocycles. The molecule has 5 heterocycles. The summed E-state index contributed by atoms with van der Waals surface area (Å²) in [5, 5.41) is 3.77. The van der Waals surface area contributed by atoms with Crippen molar-refractivity contribution in [1.29, 1.82) is 0 Å². The predicted molar refractivity (Wildman–Crippen MR) is 220 cm³/mol. The highest BCUT2D eigenvalue weighted by Gasteiger charge is 2.51. The summed E-state index contributed by atoms with van der Waals surface area (Å²) in [6, 6.07) is 0.876. The molecule has 6 atom stereocenters. The number of unbranched alkanes of at least 4 members (excludes halogenated alkanes) is 13. The Morgan fingerprint density at radius 2 is 1.53 bits per heavy atom. The summed E-state index contributed by atoms with van der Waals surface area (Å²) in [6.07, 6.45) is 25.3. The largest absolute Gasteiger partial charge is 0.465 e. The monoisotopic (exact) mass is 768 g/mol. The third-order valence-electron chi connectivity index (χ3n) is 12.4. The molecule has 0 spiro atoms. The number of ether oxygens (including phenoxy) is 2. The van der Waals surface area contributed by atoms with Crippen molar-refractivity contribution in [1.82, 2.24) is 15.1 Å². The van der Waals surface area contributed by atoms with Gasteiger partial charge in [-0.1, -0.05) is 90.4 Å². The smallest absolute Gasteiger partial charge is 0.337 e. The van der Waals surface area contributed by atoms with Crippen LogP contribution in [0.3, 0.4) is 0 Å². The van der Waals surface area contributed by atoms with Gasteiger partial charge < -0.3 is 41.8 Å². The molecule has 13 heteroatoms. The van der Waals surface area contributed by atoms with E-state index in [1.165, 1.54) is 51.4 Å². The van der Waals surface area contributed by atoms with Crippen LogP contribution in [0.4, 0.5) is 0 Å². The van der Waals surface area contributed by atoms with Crippen molar-refractivity contribution in [2.24, 2.45) is 38.1 Å². The van der Waals surface area contributed by atoms with Crippen LogP contribution in [0.2, 0.25) is 0 Å². The van der Waals surface area contributed by atoms with E-state index in [1.54, 1.807) is 0 Å². The molecule has 3 saturated heterocycles. The van der Waals surface area contributed by atoms with Gasteiger partial charge in [-0.2, -0.15) is 0 Å². The van der Waals surface area contributed by atoms with E-state index in [0.29, 0.717) is 49.8 Å². The molecule has 310 valence electrons. The van der Waals surface area contributed by atoms with Crippen LogP contribution < -0.4 is 22.5 Å². The van der Waals surface area contributed by atoms with Crippen LogP contribution >= 0.6 is 0 Å². The van der Waals surface area contributed by atoms with Gasteiger partial charge in [0.05, 0.1) is 36.8 Å². The van der Waals surface area contributed by atoms with E-state index in [0.717, 1.165) is 108 Å². The summed E-state index contributed by atoms with van der Waals surface area (Å²) in [6.45, 7) is 6.48. The number of fused-ring (bicyclic) bond motifs is 1. The van der Waals surface area contributed by atoms with E-state index in [2.05, 4.69) is 29.1 Å². The number of nitrogens with one attached hydrogen (secondary N) is 1. The van der Waals surface area contributed by atoms with E-state index in [-0.39, 0.29) is 41.9 Å². The molecule has 0 amide bonds. The Balaban J connectivity index is 0.945. The van der Waals surface area contributed by atoms with Gasteiger partial charge in [0.15, 0.2) is 17.9 Å². The van der Waals surface area contributed by atoms with Crippen LogP contribution in [0, 0.1) is 5.92 Å². The van der Waals surface area contributed by atoms with Gasteiger partial charge in [-0.25, -0.2) is 14.8 Å². The van der Waals surface area contributed by atoms with Crippen LogP contribution in [0.15, 0.2) is 26.2 Å². The maximum atomic E-state index is 13.4. The molecule has 3 fully saturated rings. The molecular formula is C42H73N9O4. The molecule has 5 rings (SSSR count). The summed E-state index contributed by atoms with van der Waals surface area (Å²) in [7, 11) is 0. The second-order valence-electron chi connectivity index (χ2n) is 16.6. The average molecular weight is 768 g/mol. The molecular weight excluding hydrogens is 695 g/mol. The molecule has 5 aliphatic rings. The number of esters is 2. The summed E-state index contributed by atoms with van der Waals surface area (Å²) in [5.41, 5.74) is 18.8. The van der Waals surface area contributed by atoms with Gasteiger partial charge >= 0.3 is 11.9 Å². The number of carbonyl (C=O) groups is 2. The van der Waals surface area contributed by atoms with Crippen LogP contribution in [0.5, 0.6) is 0 Å². The Kier molecular flexibility index (Phi) is 17.3. The number of rotatable bonds is 25. The van der Waals surface area contributed by atoms with Gasteiger partial charge in [0, 0.05) is 36.9 Å².